The van der Waals surface area contributed by atoms with Crippen molar-refractivity contribution in [1.29, 1.82) is 0 Å². The van der Waals surface area contributed by atoms with Gasteiger partial charge in [0.2, 0.25) is 0 Å². The summed E-state index contributed by atoms with van der Waals surface area (Å²) in [5, 5.41) is 0. The molecule has 1 fully saturated rings. The summed E-state index contributed by atoms with van der Waals surface area (Å²) in [7, 11) is -2.80. The van der Waals surface area contributed by atoms with Crippen LogP contribution in [0.5, 0.6) is 0 Å². The van der Waals surface area contributed by atoms with Crippen molar-refractivity contribution < 1.29 is 8.42 Å². The smallest absolute Gasteiger partial charge is 0.147 e. The Bertz CT molecular complexity index is 356. The van der Waals surface area contributed by atoms with E-state index in [9.17, 15) is 8.42 Å². The maximum Gasteiger partial charge on any atom is 0.147 e. The molecule has 4 heteroatoms. The van der Waals surface area contributed by atoms with E-state index in [-0.39, 0.29) is 0 Å². The molecule has 0 aromatic heterocycles. The maximum absolute atomic E-state index is 11.2. The van der Waals surface area contributed by atoms with Crippen molar-refractivity contribution in [3.8, 4) is 0 Å². The van der Waals surface area contributed by atoms with Gasteiger partial charge in [0.15, 0.2) is 0 Å². The van der Waals surface area contributed by atoms with E-state index in [1.807, 2.05) is 0 Å². The van der Waals surface area contributed by atoms with Crippen LogP contribution >= 0.6 is 15.9 Å². The highest BCUT2D eigenvalue weighted by atomic mass is 79.9. The molecule has 108 valence electrons. The van der Waals surface area contributed by atoms with Crippen LogP contribution in [0.3, 0.4) is 0 Å². The number of hydrogen-bond donors (Lipinski definition) is 0. The minimum atomic E-state index is -2.80. The molecule has 1 rings (SSSR count). The van der Waals surface area contributed by atoms with E-state index in [2.05, 4.69) is 36.7 Å². The van der Waals surface area contributed by atoms with Gasteiger partial charge in [-0.05, 0) is 49.4 Å². The number of alkyl halides is 1. The van der Waals surface area contributed by atoms with Crippen molar-refractivity contribution in [2.75, 3.05) is 12.0 Å². The van der Waals surface area contributed by atoms with Gasteiger partial charge in [-0.15, -0.1) is 0 Å². The minimum absolute atomic E-state index is 0.337. The molecule has 0 radical (unpaired) electrons. The van der Waals surface area contributed by atoms with Crippen LogP contribution in [0.15, 0.2) is 0 Å². The third kappa shape index (κ3) is 5.60. The number of hydrogen-bond acceptors (Lipinski definition) is 2. The Morgan fingerprint density at radius 3 is 2.33 bits per heavy atom. The first-order valence-corrected chi connectivity index (χ1v) is 9.89. The highest BCUT2D eigenvalue weighted by Gasteiger charge is 2.34. The first-order valence-electron chi connectivity index (χ1n) is 6.91. The minimum Gasteiger partial charge on any atom is -0.229 e. The lowest BCUT2D eigenvalue weighted by molar-refractivity contribution is 0.142. The average Bonchev–Trinajstić information content (AvgIpc) is 2.17. The zero-order valence-corrected chi connectivity index (χ0v) is 14.5. The Kier molecular flexibility index (Phi) is 5.73. The quantitative estimate of drug-likeness (QED) is 0.725. The van der Waals surface area contributed by atoms with Crippen molar-refractivity contribution in [1.82, 2.24) is 0 Å². The van der Waals surface area contributed by atoms with Crippen LogP contribution < -0.4 is 0 Å². The van der Waals surface area contributed by atoms with Crippen LogP contribution in [0, 0.1) is 17.3 Å². The van der Waals surface area contributed by atoms with Crippen LogP contribution in [0.2, 0.25) is 0 Å². The SMILES string of the molecule is CC(C)(C)C1CCC(Br)C(CCCS(C)(=O)=O)C1. The summed E-state index contributed by atoms with van der Waals surface area (Å²) < 4.78 is 22.3. The molecule has 0 N–H and O–H groups in total. The molecule has 0 spiro atoms. The highest BCUT2D eigenvalue weighted by molar-refractivity contribution is 9.09. The Balaban J connectivity index is 2.48. The molecule has 1 aliphatic carbocycles. The van der Waals surface area contributed by atoms with Gasteiger partial charge in [0.05, 0.1) is 0 Å². The van der Waals surface area contributed by atoms with E-state index >= 15 is 0 Å². The van der Waals surface area contributed by atoms with Gasteiger partial charge in [0.25, 0.3) is 0 Å². The molecule has 0 amide bonds. The van der Waals surface area contributed by atoms with Crippen molar-refractivity contribution in [3.63, 3.8) is 0 Å². The summed E-state index contributed by atoms with van der Waals surface area (Å²) in [5.74, 6) is 1.75. The molecule has 0 aromatic carbocycles. The highest BCUT2D eigenvalue weighted by Crippen LogP contribution is 2.43. The molecule has 0 aliphatic heterocycles. The normalized spacial score (nSPS) is 30.4. The first kappa shape index (κ1) is 16.5. The molecule has 3 atom stereocenters. The third-order valence-corrected chi connectivity index (χ3v) is 6.44. The molecule has 2 nitrogen and oxygen atoms in total. The number of halogens is 1. The van der Waals surface area contributed by atoms with Gasteiger partial charge in [-0.3, -0.25) is 0 Å². The molecule has 0 bridgehead atoms. The van der Waals surface area contributed by atoms with Crippen molar-refractivity contribution >= 4 is 25.8 Å². The zero-order valence-electron chi connectivity index (χ0n) is 12.1. The summed E-state index contributed by atoms with van der Waals surface area (Å²) in [6.07, 6.45) is 6.94. The van der Waals surface area contributed by atoms with E-state index < -0.39 is 9.84 Å². The second kappa shape index (κ2) is 6.25. The molecule has 18 heavy (non-hydrogen) atoms. The summed E-state index contributed by atoms with van der Waals surface area (Å²) in [6.45, 7) is 6.96. The lowest BCUT2D eigenvalue weighted by Crippen LogP contribution is -2.32. The van der Waals surface area contributed by atoms with E-state index in [1.54, 1.807) is 0 Å². The summed E-state index contributed by atoms with van der Waals surface area (Å²) in [5.41, 5.74) is 0.377. The predicted molar refractivity (Wildman–Crippen MR) is 81.9 cm³/mol. The summed E-state index contributed by atoms with van der Waals surface area (Å²) in [6, 6.07) is 0. The third-order valence-electron chi connectivity index (χ3n) is 4.20. The van der Waals surface area contributed by atoms with Crippen LogP contribution in [-0.2, 0) is 9.84 Å². The lowest BCUT2D eigenvalue weighted by Gasteiger charge is -2.40. The largest absolute Gasteiger partial charge is 0.229 e. The van der Waals surface area contributed by atoms with Crippen molar-refractivity contribution in [2.45, 2.75) is 57.7 Å². The van der Waals surface area contributed by atoms with Crippen molar-refractivity contribution in [2.24, 2.45) is 17.3 Å². The molecular formula is C14H27BrO2S. The maximum atomic E-state index is 11.2. The van der Waals surface area contributed by atoms with Gasteiger partial charge in [0.1, 0.15) is 9.84 Å². The molecule has 1 saturated carbocycles. The summed E-state index contributed by atoms with van der Waals surface area (Å²) in [4.78, 5) is 0.579. The summed E-state index contributed by atoms with van der Waals surface area (Å²) >= 11 is 3.78. The van der Waals surface area contributed by atoms with E-state index in [4.69, 9.17) is 0 Å². The van der Waals surface area contributed by atoms with Gasteiger partial charge in [-0.25, -0.2) is 8.42 Å². The second-order valence-corrected chi connectivity index (χ2v) is 10.4. The zero-order chi connectivity index (χ0) is 14.0. The Morgan fingerprint density at radius 2 is 1.83 bits per heavy atom. The number of sulfone groups is 1. The van der Waals surface area contributed by atoms with Crippen molar-refractivity contribution in [3.05, 3.63) is 0 Å². The fraction of sp³-hybridized carbons (Fsp3) is 1.00. The Morgan fingerprint density at radius 1 is 1.22 bits per heavy atom. The van der Waals surface area contributed by atoms with Gasteiger partial charge in [0, 0.05) is 16.8 Å². The van der Waals surface area contributed by atoms with Gasteiger partial charge >= 0.3 is 0 Å². The van der Waals surface area contributed by atoms with E-state index in [0.29, 0.717) is 21.9 Å². The molecule has 0 aromatic rings. The molecule has 1 aliphatic rings. The topological polar surface area (TPSA) is 34.1 Å². The molecule has 3 unspecified atom stereocenters. The van der Waals surface area contributed by atoms with Crippen LogP contribution in [0.25, 0.3) is 0 Å². The fourth-order valence-corrected chi connectivity index (χ4v) is 4.36. The monoisotopic (exact) mass is 338 g/mol. The standard InChI is InChI=1S/C14H27BrO2S/c1-14(2,3)12-7-8-13(15)11(10-12)6-5-9-18(4,16)17/h11-13H,5-10H2,1-4H3. The average molecular weight is 339 g/mol. The first-order chi connectivity index (χ1) is 8.09. The Labute approximate surface area is 121 Å². The van der Waals surface area contributed by atoms with E-state index in [0.717, 1.165) is 18.8 Å². The van der Waals surface area contributed by atoms with Crippen LogP contribution in [0.4, 0.5) is 0 Å². The van der Waals surface area contributed by atoms with Gasteiger partial charge < -0.3 is 0 Å². The number of rotatable bonds is 4. The van der Waals surface area contributed by atoms with Crippen LogP contribution in [-0.4, -0.2) is 25.3 Å². The molecule has 0 heterocycles. The molecular weight excluding hydrogens is 312 g/mol. The van der Waals surface area contributed by atoms with E-state index in [1.165, 1.54) is 25.5 Å². The Hall–Kier alpha value is 0.430. The lowest BCUT2D eigenvalue weighted by atomic mass is 9.68. The van der Waals surface area contributed by atoms with Crippen LogP contribution in [0.1, 0.15) is 52.9 Å². The molecule has 0 saturated heterocycles. The second-order valence-electron chi connectivity index (χ2n) is 6.92. The van der Waals surface area contributed by atoms with Gasteiger partial charge in [-0.2, -0.15) is 0 Å². The van der Waals surface area contributed by atoms with Gasteiger partial charge in [-0.1, -0.05) is 36.7 Å². The fourth-order valence-electron chi connectivity index (χ4n) is 2.92. The predicted octanol–water partition coefficient (Wildman–Crippen LogP) is 4.04.